The molecule has 0 amide bonds. The quantitative estimate of drug-likeness (QED) is 0.577. The Bertz CT molecular complexity index is 459. The molecule has 0 aromatic heterocycles. The first-order valence-corrected chi connectivity index (χ1v) is 5.77. The van der Waals surface area contributed by atoms with Gasteiger partial charge in [-0.25, -0.2) is 0 Å². The number of anilines is 1. The Morgan fingerprint density at radius 3 is 2.00 bits per heavy atom. The van der Waals surface area contributed by atoms with Crippen molar-refractivity contribution < 1.29 is 29.2 Å². The monoisotopic (exact) mass is 268 g/mol. The summed E-state index contributed by atoms with van der Waals surface area (Å²) in [7, 11) is 0. The van der Waals surface area contributed by atoms with Crippen molar-refractivity contribution >= 4 is 9.56 Å². The van der Waals surface area contributed by atoms with E-state index >= 15 is 0 Å². The summed E-state index contributed by atoms with van der Waals surface area (Å²) >= 11 is 1.35. The molecular weight excluding hydrogens is 256 g/mol. The molecule has 0 spiro atoms. The van der Waals surface area contributed by atoms with Crippen LogP contribution in [0.3, 0.4) is 0 Å². The van der Waals surface area contributed by atoms with Crippen LogP contribution in [0.4, 0.5) is 14.5 Å². The van der Waals surface area contributed by atoms with Crippen LogP contribution in [0.1, 0.15) is 5.56 Å². The summed E-state index contributed by atoms with van der Waals surface area (Å²) in [6.07, 6.45) is 0. The summed E-state index contributed by atoms with van der Waals surface area (Å²) in [5.74, 6) is -1.23. The van der Waals surface area contributed by atoms with E-state index in [0.29, 0.717) is 0 Å². The van der Waals surface area contributed by atoms with Crippen molar-refractivity contribution in [2.75, 3.05) is 5.73 Å². The van der Waals surface area contributed by atoms with Gasteiger partial charge in [0.1, 0.15) is 0 Å². The van der Waals surface area contributed by atoms with Crippen molar-refractivity contribution in [2.45, 2.75) is 6.92 Å². The van der Waals surface area contributed by atoms with Gasteiger partial charge in [0, 0.05) is 0 Å². The van der Waals surface area contributed by atoms with Crippen molar-refractivity contribution in [1.29, 1.82) is 0 Å². The van der Waals surface area contributed by atoms with Gasteiger partial charge in [0.05, 0.1) is 0 Å². The summed E-state index contributed by atoms with van der Waals surface area (Å²) in [5, 5.41) is 0. The maximum atomic E-state index is 12.6. The Morgan fingerprint density at radius 2 is 1.59 bits per heavy atom. The molecule has 0 unspecified atom stereocenters. The Balaban J connectivity index is 0.000000181. The summed E-state index contributed by atoms with van der Waals surface area (Å²) in [5.41, 5.74) is 6.45. The Labute approximate surface area is 111 Å². The number of halogens is 2. The summed E-state index contributed by atoms with van der Waals surface area (Å²) in [4.78, 5) is 0. The zero-order valence-electron chi connectivity index (χ0n) is 9.37. The van der Waals surface area contributed by atoms with E-state index in [1.807, 2.05) is 18.2 Å². The molecule has 4 heteroatoms. The molecule has 0 bridgehead atoms. The van der Waals surface area contributed by atoms with Gasteiger partial charge >= 0.3 is 68.3 Å². The number of aryl methyl sites for hydroxylation is 1. The average molecular weight is 268 g/mol. The van der Waals surface area contributed by atoms with Gasteiger partial charge in [-0.2, -0.15) is 0 Å². The van der Waals surface area contributed by atoms with Crippen LogP contribution in [0.5, 0.6) is 0 Å². The molecule has 0 saturated heterocycles. The number of hydrogen-bond acceptors (Lipinski definition) is 1. The van der Waals surface area contributed by atoms with Crippen LogP contribution in [0, 0.1) is 18.6 Å². The first kappa shape index (κ1) is 13.9. The zero-order chi connectivity index (χ0) is 12.8. The summed E-state index contributed by atoms with van der Waals surface area (Å²) in [6.45, 7) is 2.08. The fourth-order valence-electron chi connectivity index (χ4n) is 1.10. The van der Waals surface area contributed by atoms with Crippen LogP contribution < -0.4 is 9.60 Å². The van der Waals surface area contributed by atoms with Gasteiger partial charge in [0.25, 0.3) is 0 Å². The van der Waals surface area contributed by atoms with Crippen LogP contribution in [-0.4, -0.2) is 0 Å². The number of nitrogens with two attached hydrogens (primary N) is 1. The standard InChI is InChI=1S/C7H8.C6H4F2N.Ti/c1-7-5-3-2-4-6-7;7-4-1-2-6(9)5(8)3-4;/h2-6H,1H3;1-2H,9H2;. The average Bonchev–Trinajstić information content (AvgIpc) is 2.33. The second-order valence-corrected chi connectivity index (χ2v) is 4.26. The molecule has 1 nitrogen and oxygen atoms in total. The van der Waals surface area contributed by atoms with Crippen molar-refractivity contribution in [3.8, 4) is 0 Å². The first-order chi connectivity index (χ1) is 8.02. The van der Waals surface area contributed by atoms with E-state index in [-0.39, 0.29) is 9.56 Å². The first-order valence-electron chi connectivity index (χ1n) is 4.99. The van der Waals surface area contributed by atoms with Crippen molar-refractivity contribution in [2.24, 2.45) is 0 Å². The Morgan fingerprint density at radius 1 is 1.00 bits per heavy atom. The number of rotatable bonds is 0. The molecule has 87 valence electrons. The maximum absolute atomic E-state index is 12.6. The molecule has 2 aromatic rings. The zero-order valence-corrected chi connectivity index (χ0v) is 10.9. The molecule has 0 radical (unpaired) electrons. The van der Waals surface area contributed by atoms with Gasteiger partial charge in [0.2, 0.25) is 0 Å². The number of nitrogen functional groups attached to an aromatic ring is 1. The fourth-order valence-corrected chi connectivity index (χ4v) is 1.46. The van der Waals surface area contributed by atoms with Crippen molar-refractivity contribution in [3.63, 3.8) is 0 Å². The van der Waals surface area contributed by atoms with Crippen LogP contribution in [-0.2, 0) is 20.4 Å². The fraction of sp³-hybridized carbons (Fsp3) is 0.0769. The van der Waals surface area contributed by atoms with Gasteiger partial charge < -0.3 is 0 Å². The van der Waals surface area contributed by atoms with Gasteiger partial charge in [0.15, 0.2) is 0 Å². The summed E-state index contributed by atoms with van der Waals surface area (Å²) < 4.78 is 25.1. The van der Waals surface area contributed by atoms with E-state index < -0.39 is 11.6 Å². The number of benzene rings is 2. The third-order valence-corrected chi connectivity index (χ3v) is 2.78. The van der Waals surface area contributed by atoms with Gasteiger partial charge in [-0.05, 0) is 6.92 Å². The molecule has 2 rings (SSSR count). The van der Waals surface area contributed by atoms with Gasteiger partial charge in [-0.15, -0.1) is 0 Å². The number of hydrogen-bond donors (Lipinski definition) is 1. The minimum atomic E-state index is -0.667. The van der Waals surface area contributed by atoms with Gasteiger partial charge in [-0.3, -0.25) is 0 Å². The third-order valence-electron chi connectivity index (χ3n) is 2.06. The van der Waals surface area contributed by atoms with Crippen LogP contribution in [0.2, 0.25) is 0 Å². The van der Waals surface area contributed by atoms with Gasteiger partial charge in [-0.1, -0.05) is 35.9 Å². The molecule has 0 aliphatic carbocycles. The third kappa shape index (κ3) is 4.29. The van der Waals surface area contributed by atoms with Crippen LogP contribution in [0.15, 0.2) is 42.5 Å². The predicted octanol–water partition coefficient (Wildman–Crippen LogP) is 2.71. The second-order valence-electron chi connectivity index (χ2n) is 3.48. The van der Waals surface area contributed by atoms with E-state index in [1.54, 1.807) is 0 Å². The molecule has 0 saturated carbocycles. The van der Waals surface area contributed by atoms with E-state index in [0.717, 1.165) is 6.07 Å². The molecule has 2 aromatic carbocycles. The predicted molar refractivity (Wildman–Crippen MR) is 61.6 cm³/mol. The molecule has 17 heavy (non-hydrogen) atoms. The molecule has 2 N–H and O–H groups in total. The molecule has 0 atom stereocenters. The minimum absolute atomic E-state index is 0.0149. The Kier molecular flexibility index (Phi) is 5.33. The van der Waals surface area contributed by atoms with Crippen molar-refractivity contribution in [3.05, 3.63) is 59.7 Å². The normalized spacial score (nSPS) is 9.29. The van der Waals surface area contributed by atoms with E-state index in [4.69, 9.17) is 5.73 Å². The Hall–Kier alpha value is -1.19. The molecule has 0 aliphatic rings. The molecular formula is C13H12F2NTi. The van der Waals surface area contributed by atoms with Crippen LogP contribution >= 0.6 is 0 Å². The van der Waals surface area contributed by atoms with E-state index in [9.17, 15) is 8.78 Å². The van der Waals surface area contributed by atoms with E-state index in [1.165, 1.54) is 32.1 Å². The molecule has 0 aliphatic heterocycles. The molecule has 0 fully saturated rings. The summed E-state index contributed by atoms with van der Waals surface area (Å²) in [6, 6.07) is 12.6. The second kappa shape index (κ2) is 6.53. The molecule has 0 heterocycles. The SMILES string of the molecule is Cc1ccccc1.Nc1ccc(F)[c]([Ti])c1F. The van der Waals surface area contributed by atoms with Crippen molar-refractivity contribution in [1.82, 2.24) is 0 Å². The van der Waals surface area contributed by atoms with E-state index in [2.05, 4.69) is 19.1 Å². The topological polar surface area (TPSA) is 26.0 Å². The van der Waals surface area contributed by atoms with Crippen LogP contribution in [0.25, 0.3) is 0 Å².